The third-order valence-electron chi connectivity index (χ3n) is 3.32. The van der Waals surface area contributed by atoms with Crippen LogP contribution >= 0.6 is 0 Å². The standard InChI is InChI=1S/C16H14F4N2O2S/c1-15(2,25(24)11-8-6-10(17)7-9-11)14(23)22-13-5-3-4-12(21-13)16(18,19)20/h3-9H,1-2H3,(H,21,22,23). The zero-order valence-electron chi connectivity index (χ0n) is 13.2. The number of nitrogens with one attached hydrogen (secondary N) is 1. The molecule has 0 spiro atoms. The highest BCUT2D eigenvalue weighted by atomic mass is 32.2. The number of halogens is 4. The van der Waals surface area contributed by atoms with Crippen molar-refractivity contribution in [1.29, 1.82) is 0 Å². The molecule has 134 valence electrons. The van der Waals surface area contributed by atoms with Crippen molar-refractivity contribution in [1.82, 2.24) is 4.98 Å². The molecule has 1 unspecified atom stereocenters. The van der Waals surface area contributed by atoms with Gasteiger partial charge >= 0.3 is 6.18 Å². The number of aromatic nitrogens is 1. The lowest BCUT2D eigenvalue weighted by Gasteiger charge is -2.26. The lowest BCUT2D eigenvalue weighted by Crippen LogP contribution is -2.44. The molecule has 1 aromatic carbocycles. The van der Waals surface area contributed by atoms with Crippen LogP contribution in [-0.4, -0.2) is 20.2 Å². The minimum absolute atomic E-state index is 0.221. The molecule has 0 bridgehead atoms. The maximum Gasteiger partial charge on any atom is 0.433 e. The molecule has 1 heterocycles. The van der Waals surface area contributed by atoms with E-state index in [-0.39, 0.29) is 10.7 Å². The second kappa shape index (κ2) is 7.01. The highest BCUT2D eigenvalue weighted by Gasteiger charge is 2.42. The highest BCUT2D eigenvalue weighted by Crippen LogP contribution is 2.29. The zero-order valence-corrected chi connectivity index (χ0v) is 14.0. The fraction of sp³-hybridized carbons (Fsp3) is 0.250. The van der Waals surface area contributed by atoms with Crippen molar-refractivity contribution < 1.29 is 26.9 Å². The van der Waals surface area contributed by atoms with Crippen LogP contribution in [0.5, 0.6) is 0 Å². The molecule has 1 atom stereocenters. The van der Waals surface area contributed by atoms with Gasteiger partial charge < -0.3 is 9.87 Å². The number of carbonyl (C=O) groups is 1. The molecule has 1 amide bonds. The maximum atomic E-state index is 12.9. The molecule has 4 nitrogen and oxygen atoms in total. The summed E-state index contributed by atoms with van der Waals surface area (Å²) in [4.78, 5) is 15.9. The van der Waals surface area contributed by atoms with Crippen molar-refractivity contribution in [3.63, 3.8) is 0 Å². The van der Waals surface area contributed by atoms with E-state index in [1.54, 1.807) is 0 Å². The number of benzene rings is 1. The van der Waals surface area contributed by atoms with Crippen molar-refractivity contribution in [3.05, 3.63) is 54.0 Å². The molecule has 25 heavy (non-hydrogen) atoms. The summed E-state index contributed by atoms with van der Waals surface area (Å²) in [5, 5.41) is 2.24. The van der Waals surface area contributed by atoms with Gasteiger partial charge in [0.2, 0.25) is 4.75 Å². The van der Waals surface area contributed by atoms with Crippen LogP contribution < -0.4 is 5.32 Å². The molecule has 2 rings (SSSR count). The number of hydrogen-bond acceptors (Lipinski definition) is 3. The molecule has 2 aromatic rings. The Morgan fingerprint density at radius 1 is 1.12 bits per heavy atom. The van der Waals surface area contributed by atoms with Crippen molar-refractivity contribution >= 4 is 22.9 Å². The predicted molar refractivity (Wildman–Crippen MR) is 84.8 cm³/mol. The summed E-state index contributed by atoms with van der Waals surface area (Å²) in [6, 6.07) is 7.86. The summed E-state index contributed by atoms with van der Waals surface area (Å²) < 4.78 is 62.0. The molecule has 0 aliphatic heterocycles. The fourth-order valence-electron chi connectivity index (χ4n) is 1.87. The Labute approximate surface area is 144 Å². The van der Waals surface area contributed by atoms with Gasteiger partial charge in [-0.3, -0.25) is 4.79 Å². The third kappa shape index (κ3) is 4.49. The fourth-order valence-corrected chi connectivity index (χ4v) is 3.06. The summed E-state index contributed by atoms with van der Waals surface area (Å²) in [6.07, 6.45) is -4.65. The van der Waals surface area contributed by atoms with Crippen molar-refractivity contribution in [3.8, 4) is 0 Å². The molecule has 1 N–H and O–H groups in total. The van der Waals surface area contributed by atoms with Crippen LogP contribution in [0.4, 0.5) is 23.4 Å². The van der Waals surface area contributed by atoms with Gasteiger partial charge in [-0.1, -0.05) is 6.07 Å². The van der Waals surface area contributed by atoms with Crippen LogP contribution in [0.25, 0.3) is 0 Å². The van der Waals surface area contributed by atoms with E-state index >= 15 is 0 Å². The van der Waals surface area contributed by atoms with E-state index in [1.165, 1.54) is 32.0 Å². The van der Waals surface area contributed by atoms with E-state index in [9.17, 15) is 26.9 Å². The van der Waals surface area contributed by atoms with Crippen LogP contribution in [0.15, 0.2) is 47.4 Å². The molecule has 0 saturated carbocycles. The number of rotatable bonds is 4. The van der Waals surface area contributed by atoms with Gasteiger partial charge in [0.25, 0.3) is 5.91 Å². The van der Waals surface area contributed by atoms with Crippen molar-refractivity contribution in [2.75, 3.05) is 5.32 Å². The van der Waals surface area contributed by atoms with E-state index in [0.29, 0.717) is 0 Å². The Morgan fingerprint density at radius 2 is 1.72 bits per heavy atom. The normalized spacial score (nSPS) is 13.4. The van der Waals surface area contributed by atoms with Gasteiger partial charge in [-0.25, -0.2) is 9.37 Å². The highest BCUT2D eigenvalue weighted by molar-refractivity contribution is 7.93. The molecule has 0 aliphatic carbocycles. The van der Waals surface area contributed by atoms with Gasteiger partial charge in [0.05, 0.1) is 0 Å². The summed E-state index contributed by atoms with van der Waals surface area (Å²) in [6.45, 7) is 2.74. The van der Waals surface area contributed by atoms with E-state index in [4.69, 9.17) is 0 Å². The van der Waals surface area contributed by atoms with Crippen LogP contribution in [-0.2, 0) is 22.1 Å². The number of amides is 1. The SMILES string of the molecule is CC(C)(C(=O)Nc1cccc(C(F)(F)F)n1)[S+]([O-])c1ccc(F)cc1. The molecule has 0 saturated heterocycles. The average Bonchev–Trinajstić information content (AvgIpc) is 2.54. The van der Waals surface area contributed by atoms with Crippen molar-refractivity contribution in [2.45, 2.75) is 29.7 Å². The van der Waals surface area contributed by atoms with Gasteiger partial charge in [-0.15, -0.1) is 0 Å². The molecule has 0 aliphatic rings. The molecular formula is C16H14F4N2O2S. The number of pyridine rings is 1. The Bertz CT molecular complexity index is 763. The topological polar surface area (TPSA) is 65.0 Å². The molecule has 1 aromatic heterocycles. The van der Waals surface area contributed by atoms with Gasteiger partial charge in [-0.05, 0) is 50.2 Å². The summed E-state index contributed by atoms with van der Waals surface area (Å²) in [5.74, 6) is -1.60. The number of anilines is 1. The van der Waals surface area contributed by atoms with Crippen LogP contribution in [0.2, 0.25) is 0 Å². The van der Waals surface area contributed by atoms with Crippen LogP contribution in [0, 0.1) is 5.82 Å². The molecular weight excluding hydrogens is 360 g/mol. The van der Waals surface area contributed by atoms with E-state index in [1.807, 2.05) is 0 Å². The third-order valence-corrected chi connectivity index (χ3v) is 5.13. The second-order valence-electron chi connectivity index (χ2n) is 5.59. The van der Waals surface area contributed by atoms with E-state index in [0.717, 1.165) is 24.3 Å². The first-order valence-electron chi connectivity index (χ1n) is 7.05. The van der Waals surface area contributed by atoms with Gasteiger partial charge in [-0.2, -0.15) is 13.2 Å². The van der Waals surface area contributed by atoms with E-state index in [2.05, 4.69) is 10.3 Å². The Hall–Kier alpha value is -2.13. The maximum absolute atomic E-state index is 12.9. The van der Waals surface area contributed by atoms with Gasteiger partial charge in [0.1, 0.15) is 17.3 Å². The predicted octanol–water partition coefficient (Wildman–Crippen LogP) is 3.76. The van der Waals surface area contributed by atoms with Crippen molar-refractivity contribution in [2.24, 2.45) is 0 Å². The number of carbonyl (C=O) groups excluding carboxylic acids is 1. The van der Waals surface area contributed by atoms with Crippen LogP contribution in [0.3, 0.4) is 0 Å². The summed E-state index contributed by atoms with van der Waals surface area (Å²) >= 11 is -1.86. The Balaban J connectivity index is 2.20. The molecule has 0 fully saturated rings. The largest absolute Gasteiger partial charge is 0.611 e. The monoisotopic (exact) mass is 374 g/mol. The first kappa shape index (κ1) is 19.2. The molecule has 0 radical (unpaired) electrons. The quantitative estimate of drug-likeness (QED) is 0.655. The van der Waals surface area contributed by atoms with Crippen LogP contribution in [0.1, 0.15) is 19.5 Å². The zero-order chi connectivity index (χ0) is 18.8. The average molecular weight is 374 g/mol. The summed E-state index contributed by atoms with van der Waals surface area (Å²) in [5.41, 5.74) is -1.15. The number of nitrogens with zero attached hydrogens (tertiary/aromatic N) is 1. The minimum atomic E-state index is -4.65. The second-order valence-corrected chi connectivity index (χ2v) is 7.62. The first-order chi connectivity index (χ1) is 11.5. The van der Waals surface area contributed by atoms with Gasteiger partial charge in [0.15, 0.2) is 4.90 Å². The lowest BCUT2D eigenvalue weighted by molar-refractivity contribution is -0.141. The molecule has 9 heteroatoms. The number of alkyl halides is 3. The Morgan fingerprint density at radius 3 is 2.28 bits per heavy atom. The Kier molecular flexibility index (Phi) is 5.38. The first-order valence-corrected chi connectivity index (χ1v) is 8.20. The van der Waals surface area contributed by atoms with E-state index < -0.39 is 39.5 Å². The lowest BCUT2D eigenvalue weighted by atomic mass is 10.2. The summed E-state index contributed by atoms with van der Waals surface area (Å²) in [7, 11) is 0. The number of hydrogen-bond donors (Lipinski definition) is 1. The van der Waals surface area contributed by atoms with Gasteiger partial charge in [0, 0.05) is 11.2 Å². The minimum Gasteiger partial charge on any atom is -0.611 e. The smallest absolute Gasteiger partial charge is 0.433 e.